The summed E-state index contributed by atoms with van der Waals surface area (Å²) in [5, 5.41) is 3.53. The predicted octanol–water partition coefficient (Wildman–Crippen LogP) is 3.84. The average Bonchev–Trinajstić information content (AvgIpc) is 3.79. The minimum absolute atomic E-state index is 0.102. The fourth-order valence-corrected chi connectivity index (χ4v) is 4.92. The van der Waals surface area contributed by atoms with Crippen LogP contribution in [0.3, 0.4) is 0 Å². The Kier molecular flexibility index (Phi) is 5.80. The van der Waals surface area contributed by atoms with E-state index in [0.717, 1.165) is 50.3 Å². The second-order valence-electron chi connectivity index (χ2n) is 10.4. The highest BCUT2D eigenvalue weighted by Gasteiger charge is 2.28. The van der Waals surface area contributed by atoms with Crippen LogP contribution in [0.25, 0.3) is 16.6 Å². The number of nitrogens with one attached hydrogen (secondary N) is 1. The monoisotopic (exact) mass is 472 g/mol. The summed E-state index contributed by atoms with van der Waals surface area (Å²) in [5.41, 5.74) is 2.60. The van der Waals surface area contributed by atoms with Crippen molar-refractivity contribution in [2.45, 2.75) is 57.6 Å². The maximum atomic E-state index is 13.5. The third-order valence-corrected chi connectivity index (χ3v) is 7.42. The fourth-order valence-electron chi connectivity index (χ4n) is 4.92. The molecule has 2 saturated carbocycles. The van der Waals surface area contributed by atoms with Crippen LogP contribution in [0.4, 0.5) is 0 Å². The molecule has 0 bridgehead atoms. The summed E-state index contributed by atoms with van der Waals surface area (Å²) in [4.78, 5) is 33.2. The SMILES string of the molecule is Cc1ccc(C(=O)NC2CC2)cc1-n1cnc2ccc(OC3CCN(CC4CC4)CC3)cc2c1=O. The standard InChI is InChI=1S/C28H32N4O3/c1-18-2-5-20(27(33)30-21-6-7-21)14-26(18)32-17-29-25-9-8-23(15-24(25)28(32)34)35-22-10-12-31(13-11-22)16-19-3-4-19/h2,5,8-9,14-15,17,19,21-22H,3-4,6-7,10-13,16H2,1H3,(H,30,33). The quantitative estimate of drug-likeness (QED) is 0.566. The van der Waals surface area contributed by atoms with Crippen molar-refractivity contribution in [3.8, 4) is 11.4 Å². The largest absolute Gasteiger partial charge is 0.490 e. The first-order chi connectivity index (χ1) is 17.0. The smallest absolute Gasteiger partial charge is 0.265 e. The van der Waals surface area contributed by atoms with Crippen molar-refractivity contribution in [3.05, 3.63) is 64.2 Å². The molecule has 3 aliphatic rings. The van der Waals surface area contributed by atoms with Gasteiger partial charge in [-0.3, -0.25) is 14.2 Å². The summed E-state index contributed by atoms with van der Waals surface area (Å²) in [6, 6.07) is 11.3. The van der Waals surface area contributed by atoms with E-state index in [-0.39, 0.29) is 23.6 Å². The van der Waals surface area contributed by atoms with Gasteiger partial charge in [0.15, 0.2) is 0 Å². The Labute approximate surface area is 205 Å². The summed E-state index contributed by atoms with van der Waals surface area (Å²) < 4.78 is 7.83. The van der Waals surface area contributed by atoms with Crippen molar-refractivity contribution in [2.75, 3.05) is 19.6 Å². The van der Waals surface area contributed by atoms with Gasteiger partial charge in [0, 0.05) is 31.2 Å². The lowest BCUT2D eigenvalue weighted by Crippen LogP contribution is -2.39. The third-order valence-electron chi connectivity index (χ3n) is 7.42. The summed E-state index contributed by atoms with van der Waals surface area (Å²) in [5.74, 6) is 1.53. The van der Waals surface area contributed by atoms with Crippen molar-refractivity contribution in [1.29, 1.82) is 0 Å². The third kappa shape index (κ3) is 4.96. The van der Waals surface area contributed by atoms with Gasteiger partial charge in [-0.2, -0.15) is 0 Å². The van der Waals surface area contributed by atoms with Crippen LogP contribution >= 0.6 is 0 Å². The highest BCUT2D eigenvalue weighted by atomic mass is 16.5. The molecule has 0 radical (unpaired) electrons. The zero-order valence-electron chi connectivity index (χ0n) is 20.2. The van der Waals surface area contributed by atoms with Gasteiger partial charge >= 0.3 is 0 Å². The molecule has 1 saturated heterocycles. The number of hydrogen-bond acceptors (Lipinski definition) is 5. The van der Waals surface area contributed by atoms with E-state index < -0.39 is 0 Å². The molecule has 1 aliphatic heterocycles. The number of benzene rings is 2. The molecule has 0 unspecified atom stereocenters. The number of ether oxygens (including phenoxy) is 1. The molecule has 3 aromatic rings. The Morgan fingerprint density at radius 2 is 1.86 bits per heavy atom. The number of carbonyl (C=O) groups is 1. The van der Waals surface area contributed by atoms with E-state index in [1.165, 1.54) is 24.0 Å². The highest BCUT2D eigenvalue weighted by molar-refractivity contribution is 5.95. The number of fused-ring (bicyclic) bond motifs is 1. The van der Waals surface area contributed by atoms with Gasteiger partial charge in [-0.15, -0.1) is 0 Å². The Balaban J connectivity index is 1.23. The van der Waals surface area contributed by atoms with E-state index in [9.17, 15) is 9.59 Å². The first-order valence-electron chi connectivity index (χ1n) is 12.9. The summed E-state index contributed by atoms with van der Waals surface area (Å²) in [7, 11) is 0. The van der Waals surface area contributed by atoms with Crippen molar-refractivity contribution in [1.82, 2.24) is 19.8 Å². The average molecular weight is 473 g/mol. The molecule has 6 rings (SSSR count). The van der Waals surface area contributed by atoms with Crippen LogP contribution in [0.2, 0.25) is 0 Å². The minimum atomic E-state index is -0.164. The van der Waals surface area contributed by atoms with Gasteiger partial charge in [0.1, 0.15) is 18.2 Å². The number of nitrogens with zero attached hydrogens (tertiary/aromatic N) is 3. The molecule has 1 amide bonds. The number of aryl methyl sites for hydroxylation is 1. The first-order valence-corrected chi connectivity index (χ1v) is 12.9. The number of piperidine rings is 1. The molecular formula is C28H32N4O3. The Morgan fingerprint density at radius 3 is 2.60 bits per heavy atom. The van der Waals surface area contributed by atoms with Gasteiger partial charge in [0.25, 0.3) is 11.5 Å². The topological polar surface area (TPSA) is 76.5 Å². The van der Waals surface area contributed by atoms with E-state index >= 15 is 0 Å². The molecular weight excluding hydrogens is 440 g/mol. The minimum Gasteiger partial charge on any atom is -0.490 e. The summed E-state index contributed by atoms with van der Waals surface area (Å²) in [6.45, 7) is 5.32. The van der Waals surface area contributed by atoms with Crippen molar-refractivity contribution < 1.29 is 9.53 Å². The normalized spacial score (nSPS) is 19.1. The van der Waals surface area contributed by atoms with Gasteiger partial charge < -0.3 is 15.0 Å². The molecule has 1 aromatic heterocycles. The van der Waals surface area contributed by atoms with E-state index in [1.807, 2.05) is 31.2 Å². The lowest BCUT2D eigenvalue weighted by atomic mass is 10.1. The van der Waals surface area contributed by atoms with Gasteiger partial charge in [-0.25, -0.2) is 4.98 Å². The lowest BCUT2D eigenvalue weighted by molar-refractivity contribution is 0.0950. The molecule has 7 nitrogen and oxygen atoms in total. The van der Waals surface area contributed by atoms with Gasteiger partial charge in [-0.1, -0.05) is 6.07 Å². The molecule has 3 fully saturated rings. The Hall–Kier alpha value is -3.19. The van der Waals surface area contributed by atoms with Crippen LogP contribution in [-0.2, 0) is 0 Å². The molecule has 0 spiro atoms. The van der Waals surface area contributed by atoms with Crippen molar-refractivity contribution in [3.63, 3.8) is 0 Å². The number of carbonyl (C=O) groups excluding carboxylic acids is 1. The second kappa shape index (κ2) is 9.11. The lowest BCUT2D eigenvalue weighted by Gasteiger charge is -2.32. The number of likely N-dealkylation sites (tertiary alicyclic amines) is 1. The zero-order chi connectivity index (χ0) is 23.9. The fraction of sp³-hybridized carbons (Fsp3) is 0.464. The zero-order valence-corrected chi connectivity index (χ0v) is 20.2. The van der Waals surface area contributed by atoms with Gasteiger partial charge in [0.05, 0.1) is 16.6 Å². The van der Waals surface area contributed by atoms with Gasteiger partial charge in [-0.05, 0) is 87.3 Å². The maximum absolute atomic E-state index is 13.5. The van der Waals surface area contributed by atoms with Crippen LogP contribution in [-0.4, -0.2) is 52.1 Å². The van der Waals surface area contributed by atoms with Crippen LogP contribution in [0.15, 0.2) is 47.5 Å². The molecule has 2 aliphatic carbocycles. The summed E-state index contributed by atoms with van der Waals surface area (Å²) in [6.07, 6.45) is 8.57. The van der Waals surface area contributed by atoms with Crippen molar-refractivity contribution in [2.24, 2.45) is 5.92 Å². The Bertz CT molecular complexity index is 1320. The molecule has 2 aromatic carbocycles. The molecule has 2 heterocycles. The van der Waals surface area contributed by atoms with Crippen molar-refractivity contribution >= 4 is 16.8 Å². The molecule has 7 heteroatoms. The van der Waals surface area contributed by atoms with E-state index in [0.29, 0.717) is 27.9 Å². The number of aromatic nitrogens is 2. The number of rotatable bonds is 7. The molecule has 0 atom stereocenters. The Morgan fingerprint density at radius 1 is 1.06 bits per heavy atom. The van der Waals surface area contributed by atoms with E-state index in [2.05, 4.69) is 15.2 Å². The number of amides is 1. The van der Waals surface area contributed by atoms with Crippen LogP contribution in [0.5, 0.6) is 5.75 Å². The van der Waals surface area contributed by atoms with E-state index in [4.69, 9.17) is 4.74 Å². The molecule has 35 heavy (non-hydrogen) atoms. The highest BCUT2D eigenvalue weighted by Crippen LogP contribution is 2.31. The first kappa shape index (κ1) is 22.3. The van der Waals surface area contributed by atoms with Gasteiger partial charge in [0.2, 0.25) is 0 Å². The number of hydrogen-bond donors (Lipinski definition) is 1. The summed E-state index contributed by atoms with van der Waals surface area (Å²) >= 11 is 0. The second-order valence-corrected chi connectivity index (χ2v) is 10.4. The van der Waals surface area contributed by atoms with Crippen LogP contribution in [0, 0.1) is 12.8 Å². The molecule has 1 N–H and O–H groups in total. The maximum Gasteiger partial charge on any atom is 0.265 e. The predicted molar refractivity (Wildman–Crippen MR) is 135 cm³/mol. The molecule has 182 valence electrons. The van der Waals surface area contributed by atoms with E-state index in [1.54, 1.807) is 18.5 Å². The van der Waals surface area contributed by atoms with Crippen LogP contribution < -0.4 is 15.6 Å². The van der Waals surface area contributed by atoms with Crippen LogP contribution in [0.1, 0.15) is 54.4 Å².